The summed E-state index contributed by atoms with van der Waals surface area (Å²) in [5, 5.41) is 16.9. The molecular weight excluding hydrogens is 316 g/mol. The first-order valence-electron chi connectivity index (χ1n) is 9.45. The molecule has 1 aromatic rings. The van der Waals surface area contributed by atoms with Crippen LogP contribution in [0.25, 0.3) is 0 Å². The van der Waals surface area contributed by atoms with E-state index in [1.807, 2.05) is 38.1 Å². The maximum Gasteiger partial charge on any atom is 0.227 e. The molecule has 1 unspecified atom stereocenters. The number of ether oxygens (including phenoxy) is 1. The van der Waals surface area contributed by atoms with Crippen molar-refractivity contribution in [1.82, 2.24) is 10.6 Å². The number of nitrogens with one attached hydrogen (secondary N) is 2. The van der Waals surface area contributed by atoms with E-state index in [4.69, 9.17) is 4.74 Å². The lowest BCUT2D eigenvalue weighted by atomic mass is 9.67. The number of hydrogen-bond acceptors (Lipinski definition) is 4. The average molecular weight is 346 g/mol. The van der Waals surface area contributed by atoms with Gasteiger partial charge >= 0.3 is 0 Å². The summed E-state index contributed by atoms with van der Waals surface area (Å²) in [6.07, 6.45) is 3.76. The number of aliphatic hydroxyl groups is 1. The highest BCUT2D eigenvalue weighted by atomic mass is 16.5. The van der Waals surface area contributed by atoms with Crippen LogP contribution in [0.1, 0.15) is 51.2 Å². The van der Waals surface area contributed by atoms with Crippen LogP contribution in [0.3, 0.4) is 0 Å². The van der Waals surface area contributed by atoms with Crippen molar-refractivity contribution in [1.29, 1.82) is 0 Å². The largest absolute Gasteiger partial charge is 0.491 e. The van der Waals surface area contributed by atoms with Crippen LogP contribution in [-0.2, 0) is 4.79 Å². The molecular formula is C20H30N2O3. The van der Waals surface area contributed by atoms with Crippen molar-refractivity contribution in [2.75, 3.05) is 19.6 Å². The fourth-order valence-corrected chi connectivity index (χ4v) is 4.24. The van der Waals surface area contributed by atoms with Gasteiger partial charge in [0.2, 0.25) is 5.91 Å². The Hall–Kier alpha value is -1.59. The van der Waals surface area contributed by atoms with Gasteiger partial charge < -0.3 is 20.5 Å². The van der Waals surface area contributed by atoms with Crippen LogP contribution in [0.4, 0.5) is 0 Å². The lowest BCUT2D eigenvalue weighted by molar-refractivity contribution is -0.134. The number of hydrogen-bond donors (Lipinski definition) is 3. The molecule has 0 aromatic heterocycles. The van der Waals surface area contributed by atoms with Crippen LogP contribution in [0.5, 0.6) is 5.75 Å². The summed E-state index contributed by atoms with van der Waals surface area (Å²) in [5.74, 6) is 1.26. The lowest BCUT2D eigenvalue weighted by Gasteiger charge is -2.37. The van der Waals surface area contributed by atoms with Gasteiger partial charge in [0.15, 0.2) is 0 Å². The summed E-state index contributed by atoms with van der Waals surface area (Å²) in [7, 11) is 0. The van der Waals surface area contributed by atoms with E-state index in [0.717, 1.165) is 43.7 Å². The molecule has 0 spiro atoms. The monoisotopic (exact) mass is 346 g/mol. The number of carbonyl (C=O) groups excluding carboxylic acids is 1. The van der Waals surface area contributed by atoms with E-state index < -0.39 is 6.10 Å². The molecule has 2 fully saturated rings. The van der Waals surface area contributed by atoms with Gasteiger partial charge in [0, 0.05) is 13.1 Å². The van der Waals surface area contributed by atoms with Crippen molar-refractivity contribution < 1.29 is 14.6 Å². The number of carbonyl (C=O) groups is 1. The van der Waals surface area contributed by atoms with Crippen molar-refractivity contribution in [2.45, 2.75) is 51.7 Å². The Kier molecular flexibility index (Phi) is 5.64. The van der Waals surface area contributed by atoms with Gasteiger partial charge in [-0.15, -0.1) is 0 Å². The van der Waals surface area contributed by atoms with Crippen molar-refractivity contribution in [2.24, 2.45) is 11.3 Å². The summed E-state index contributed by atoms with van der Waals surface area (Å²) in [5.41, 5.74) is 0.487. The van der Waals surface area contributed by atoms with Gasteiger partial charge in [-0.05, 0) is 56.8 Å². The van der Waals surface area contributed by atoms with Gasteiger partial charge in [-0.1, -0.05) is 25.0 Å². The van der Waals surface area contributed by atoms with E-state index in [1.54, 1.807) is 0 Å². The van der Waals surface area contributed by atoms with E-state index in [2.05, 4.69) is 10.6 Å². The summed E-state index contributed by atoms with van der Waals surface area (Å²) < 4.78 is 5.67. The van der Waals surface area contributed by atoms with Gasteiger partial charge in [-0.3, -0.25) is 4.79 Å². The predicted octanol–water partition coefficient (Wildman–Crippen LogP) is 2.40. The minimum atomic E-state index is -0.729. The summed E-state index contributed by atoms with van der Waals surface area (Å²) in [6.45, 7) is 5.87. The van der Waals surface area contributed by atoms with Crippen molar-refractivity contribution in [3.05, 3.63) is 29.8 Å². The highest BCUT2D eigenvalue weighted by molar-refractivity contribution is 5.84. The van der Waals surface area contributed by atoms with Crippen LogP contribution >= 0.6 is 0 Å². The van der Waals surface area contributed by atoms with E-state index in [1.165, 1.54) is 6.42 Å². The fraction of sp³-hybridized carbons (Fsp3) is 0.650. The Balaban J connectivity index is 1.60. The number of fused-ring (bicyclic) bond motifs is 1. The molecule has 3 rings (SSSR count). The number of rotatable bonds is 6. The molecule has 0 bridgehead atoms. The molecule has 1 amide bonds. The highest BCUT2D eigenvalue weighted by Crippen LogP contribution is 2.43. The quantitative estimate of drug-likeness (QED) is 0.740. The van der Waals surface area contributed by atoms with Crippen molar-refractivity contribution >= 4 is 5.91 Å². The third-order valence-electron chi connectivity index (χ3n) is 5.56. The number of benzene rings is 1. The Bertz CT molecular complexity index is 604. The second kappa shape index (κ2) is 7.75. The summed E-state index contributed by atoms with van der Waals surface area (Å²) in [6, 6.07) is 7.46. The van der Waals surface area contributed by atoms with Crippen LogP contribution in [0.15, 0.2) is 24.3 Å². The van der Waals surface area contributed by atoms with Gasteiger partial charge in [-0.25, -0.2) is 0 Å². The third kappa shape index (κ3) is 3.98. The molecule has 138 valence electrons. The smallest absolute Gasteiger partial charge is 0.227 e. The molecule has 0 radical (unpaired) electrons. The van der Waals surface area contributed by atoms with Gasteiger partial charge in [0.1, 0.15) is 5.75 Å². The second-order valence-electron chi connectivity index (χ2n) is 7.69. The van der Waals surface area contributed by atoms with Crippen molar-refractivity contribution in [3.8, 4) is 5.75 Å². The molecule has 1 aliphatic carbocycles. The van der Waals surface area contributed by atoms with Gasteiger partial charge in [0.25, 0.3) is 0 Å². The molecule has 3 N–H and O–H groups in total. The lowest BCUT2D eigenvalue weighted by Crippen LogP contribution is -2.48. The molecule has 5 heteroatoms. The number of amides is 1. The minimum absolute atomic E-state index is 0.0873. The molecule has 1 saturated carbocycles. The zero-order valence-electron chi connectivity index (χ0n) is 15.3. The standard InChI is InChI=1S/C20H30N2O3/c1-14(2)25-17-8-5-6-15(10-17)18(23)12-22-19(24)20-9-4-3-7-16(20)11-21-13-20/h5-6,8,10,14,16,18,21,23H,3-4,7,9,11-13H2,1-2H3,(H,22,24)/t16-,18?,20+/m0/s1. The highest BCUT2D eigenvalue weighted by Gasteiger charge is 2.49. The van der Waals surface area contributed by atoms with E-state index in [9.17, 15) is 9.90 Å². The number of aliphatic hydroxyl groups excluding tert-OH is 1. The Morgan fingerprint density at radius 1 is 1.44 bits per heavy atom. The molecule has 2 aliphatic rings. The van der Waals surface area contributed by atoms with Crippen LogP contribution in [0, 0.1) is 11.3 Å². The molecule has 1 saturated heterocycles. The first kappa shape index (κ1) is 18.2. The molecule has 5 nitrogen and oxygen atoms in total. The maximum absolute atomic E-state index is 12.9. The zero-order chi connectivity index (χ0) is 17.9. The van der Waals surface area contributed by atoms with E-state index in [0.29, 0.717) is 5.92 Å². The molecule has 3 atom stereocenters. The molecule has 1 aromatic carbocycles. The second-order valence-corrected chi connectivity index (χ2v) is 7.69. The van der Waals surface area contributed by atoms with Gasteiger partial charge in [0.05, 0.1) is 17.6 Å². The van der Waals surface area contributed by atoms with Crippen LogP contribution in [-0.4, -0.2) is 36.8 Å². The predicted molar refractivity (Wildman–Crippen MR) is 97.4 cm³/mol. The fourth-order valence-electron chi connectivity index (χ4n) is 4.24. The summed E-state index contributed by atoms with van der Waals surface area (Å²) in [4.78, 5) is 12.9. The molecule has 1 aliphatic heterocycles. The Morgan fingerprint density at radius 3 is 3.08 bits per heavy atom. The molecule has 1 heterocycles. The first-order chi connectivity index (χ1) is 12.0. The SMILES string of the molecule is CC(C)Oc1cccc(C(O)CNC(=O)[C@@]23CCCC[C@H]2CNC3)c1. The van der Waals surface area contributed by atoms with E-state index in [-0.39, 0.29) is 24.0 Å². The van der Waals surface area contributed by atoms with E-state index >= 15 is 0 Å². The van der Waals surface area contributed by atoms with Crippen LogP contribution in [0.2, 0.25) is 0 Å². The molecule has 25 heavy (non-hydrogen) atoms. The topological polar surface area (TPSA) is 70.6 Å². The maximum atomic E-state index is 12.9. The van der Waals surface area contributed by atoms with Crippen molar-refractivity contribution in [3.63, 3.8) is 0 Å². The minimum Gasteiger partial charge on any atom is -0.491 e. The zero-order valence-corrected chi connectivity index (χ0v) is 15.3. The van der Waals surface area contributed by atoms with Gasteiger partial charge in [-0.2, -0.15) is 0 Å². The first-order valence-corrected chi connectivity index (χ1v) is 9.45. The summed E-state index contributed by atoms with van der Waals surface area (Å²) >= 11 is 0. The normalized spacial score (nSPS) is 27.0. The van der Waals surface area contributed by atoms with Crippen LogP contribution < -0.4 is 15.4 Å². The average Bonchev–Trinajstić information content (AvgIpc) is 3.04. The Labute approximate surface area is 150 Å². The third-order valence-corrected chi connectivity index (χ3v) is 5.56. The Morgan fingerprint density at radius 2 is 2.28 bits per heavy atom.